The smallest absolute Gasteiger partial charge is 0.255 e. The van der Waals surface area contributed by atoms with Crippen LogP contribution in [0.5, 0.6) is 0 Å². The first-order valence-electron chi connectivity index (χ1n) is 9.76. The molecule has 5 rings (SSSR count). The molecule has 3 aromatic rings. The molecule has 0 aliphatic heterocycles. The number of hydrogen-bond donors (Lipinski definition) is 2. The average molecular weight is 396 g/mol. The number of imidazole rings is 1. The summed E-state index contributed by atoms with van der Waals surface area (Å²) >= 11 is 6.31. The number of hydrogen-bond acceptors (Lipinski definition) is 3. The molecule has 2 aliphatic carbocycles. The van der Waals surface area contributed by atoms with Crippen LogP contribution in [0.25, 0.3) is 5.69 Å². The first-order chi connectivity index (χ1) is 13.6. The van der Waals surface area contributed by atoms with Crippen LogP contribution in [0.15, 0.2) is 30.7 Å². The third-order valence-electron chi connectivity index (χ3n) is 5.74. The van der Waals surface area contributed by atoms with Crippen molar-refractivity contribution in [1.82, 2.24) is 25.1 Å². The molecule has 7 heteroatoms. The van der Waals surface area contributed by atoms with Crippen LogP contribution in [-0.4, -0.2) is 31.7 Å². The Bertz CT molecular complexity index is 1050. The van der Waals surface area contributed by atoms with Gasteiger partial charge in [-0.05, 0) is 50.3 Å². The minimum Gasteiger partial charge on any atom is -0.349 e. The lowest BCUT2D eigenvalue weighted by atomic mass is 9.96. The Balaban J connectivity index is 1.41. The van der Waals surface area contributed by atoms with Gasteiger partial charge in [0.05, 0.1) is 35.2 Å². The number of aryl methyl sites for hydroxylation is 2. The fourth-order valence-electron chi connectivity index (χ4n) is 3.99. The minimum atomic E-state index is -0.0423. The summed E-state index contributed by atoms with van der Waals surface area (Å²) in [6, 6.07) is 6.02. The highest BCUT2D eigenvalue weighted by molar-refractivity contribution is 6.31. The lowest BCUT2D eigenvalue weighted by Crippen LogP contribution is -2.39. The number of amides is 1. The van der Waals surface area contributed by atoms with Crippen molar-refractivity contribution in [3.63, 3.8) is 0 Å². The molecule has 1 aromatic carbocycles. The van der Waals surface area contributed by atoms with Crippen LogP contribution < -0.4 is 5.32 Å². The third-order valence-corrected chi connectivity index (χ3v) is 6.15. The molecular formula is C21H22ClN5O. The Morgan fingerprint density at radius 2 is 2.18 bits per heavy atom. The fourth-order valence-corrected chi connectivity index (χ4v) is 4.16. The summed E-state index contributed by atoms with van der Waals surface area (Å²) in [5.74, 6) is 0.341. The molecule has 144 valence electrons. The van der Waals surface area contributed by atoms with Gasteiger partial charge >= 0.3 is 0 Å². The molecule has 28 heavy (non-hydrogen) atoms. The van der Waals surface area contributed by atoms with E-state index in [-0.39, 0.29) is 11.9 Å². The number of H-pyrrole nitrogens is 1. The average Bonchev–Trinajstić information content (AvgIpc) is 3.25. The van der Waals surface area contributed by atoms with Crippen LogP contribution in [0.4, 0.5) is 0 Å². The summed E-state index contributed by atoms with van der Waals surface area (Å²) in [5.41, 5.74) is 5.84. The first-order valence-corrected chi connectivity index (χ1v) is 10.1. The molecular weight excluding hydrogens is 374 g/mol. The summed E-state index contributed by atoms with van der Waals surface area (Å²) in [6.07, 6.45) is 8.20. The van der Waals surface area contributed by atoms with Gasteiger partial charge in [0, 0.05) is 29.1 Å². The molecule has 6 nitrogen and oxygen atoms in total. The summed E-state index contributed by atoms with van der Waals surface area (Å²) in [5, 5.41) is 8.46. The summed E-state index contributed by atoms with van der Waals surface area (Å²) in [6.45, 7) is 1.98. The summed E-state index contributed by atoms with van der Waals surface area (Å²) in [7, 11) is 0. The second kappa shape index (κ2) is 6.78. The number of benzene rings is 1. The van der Waals surface area contributed by atoms with Crippen molar-refractivity contribution in [3.05, 3.63) is 64.0 Å². The summed E-state index contributed by atoms with van der Waals surface area (Å²) < 4.78 is 1.88. The van der Waals surface area contributed by atoms with Crippen molar-refractivity contribution in [1.29, 1.82) is 0 Å². The van der Waals surface area contributed by atoms with Gasteiger partial charge in [0.25, 0.3) is 5.91 Å². The minimum absolute atomic E-state index is 0.0423. The van der Waals surface area contributed by atoms with Crippen LogP contribution in [-0.2, 0) is 12.8 Å². The number of halogens is 1. The van der Waals surface area contributed by atoms with E-state index in [2.05, 4.69) is 20.4 Å². The predicted octanol–water partition coefficient (Wildman–Crippen LogP) is 3.72. The van der Waals surface area contributed by atoms with E-state index in [4.69, 9.17) is 11.6 Å². The zero-order chi connectivity index (χ0) is 19.3. The number of carbonyl (C=O) groups excluding carboxylic acids is 1. The van der Waals surface area contributed by atoms with E-state index in [0.29, 0.717) is 16.5 Å². The van der Waals surface area contributed by atoms with Crippen molar-refractivity contribution in [2.24, 2.45) is 0 Å². The van der Waals surface area contributed by atoms with Crippen LogP contribution in [0.3, 0.4) is 0 Å². The molecule has 2 N–H and O–H groups in total. The van der Waals surface area contributed by atoms with Gasteiger partial charge in [-0.25, -0.2) is 9.67 Å². The molecule has 2 aromatic heterocycles. The van der Waals surface area contributed by atoms with Gasteiger partial charge in [-0.15, -0.1) is 0 Å². The Morgan fingerprint density at radius 3 is 2.96 bits per heavy atom. The van der Waals surface area contributed by atoms with Gasteiger partial charge in [0.15, 0.2) is 0 Å². The molecule has 0 saturated heterocycles. The van der Waals surface area contributed by atoms with Gasteiger partial charge in [-0.1, -0.05) is 17.7 Å². The quantitative estimate of drug-likeness (QED) is 0.706. The highest BCUT2D eigenvalue weighted by Crippen LogP contribution is 2.42. The molecule has 1 unspecified atom stereocenters. The van der Waals surface area contributed by atoms with Gasteiger partial charge in [0.2, 0.25) is 0 Å². The number of nitrogens with zero attached hydrogens (tertiary/aromatic N) is 3. The van der Waals surface area contributed by atoms with E-state index in [1.54, 1.807) is 12.5 Å². The fraction of sp³-hybridized carbons (Fsp3) is 0.381. The number of carbonyl (C=O) groups is 1. The molecule has 0 radical (unpaired) electrons. The molecule has 1 atom stereocenters. The van der Waals surface area contributed by atoms with E-state index in [9.17, 15) is 4.79 Å². The largest absolute Gasteiger partial charge is 0.349 e. The number of rotatable bonds is 4. The number of aromatic nitrogens is 4. The second-order valence-corrected chi connectivity index (χ2v) is 8.21. The van der Waals surface area contributed by atoms with Gasteiger partial charge in [-0.2, -0.15) is 5.10 Å². The Labute approximate surface area is 168 Å². The van der Waals surface area contributed by atoms with E-state index in [1.807, 2.05) is 29.8 Å². The predicted molar refractivity (Wildman–Crippen MR) is 107 cm³/mol. The van der Waals surface area contributed by atoms with Gasteiger partial charge in [-0.3, -0.25) is 4.79 Å². The van der Waals surface area contributed by atoms with Crippen LogP contribution in [0.2, 0.25) is 5.02 Å². The molecule has 0 spiro atoms. The second-order valence-electron chi connectivity index (χ2n) is 7.80. The standard InChI is InChI=1S/C21H22ClN5O/c1-12-2-6-15(9-17(12)22)27-20(13-3-4-13)16(10-25-27)21(28)26-14-5-7-18-19(8-14)24-11-23-18/h2,6,9-11,13-14H,3-5,7-8H2,1H3,(H,23,24)(H,26,28). The van der Waals surface area contributed by atoms with Crippen LogP contribution in [0.1, 0.15) is 58.2 Å². The monoisotopic (exact) mass is 395 g/mol. The van der Waals surface area contributed by atoms with Crippen molar-refractivity contribution in [3.8, 4) is 5.69 Å². The number of aromatic amines is 1. The SMILES string of the molecule is Cc1ccc(-n2ncc(C(=O)NC3CCc4nc[nH]c4C3)c2C2CC2)cc1Cl. The maximum absolute atomic E-state index is 13.1. The van der Waals surface area contributed by atoms with Crippen molar-refractivity contribution in [2.75, 3.05) is 0 Å². The van der Waals surface area contributed by atoms with E-state index in [0.717, 1.165) is 60.4 Å². The maximum atomic E-state index is 13.1. The maximum Gasteiger partial charge on any atom is 0.255 e. The molecule has 1 fully saturated rings. The van der Waals surface area contributed by atoms with Crippen LogP contribution >= 0.6 is 11.6 Å². The first kappa shape index (κ1) is 17.5. The zero-order valence-electron chi connectivity index (χ0n) is 15.7. The highest BCUT2D eigenvalue weighted by atomic mass is 35.5. The highest BCUT2D eigenvalue weighted by Gasteiger charge is 2.34. The molecule has 0 bridgehead atoms. The third kappa shape index (κ3) is 3.11. The van der Waals surface area contributed by atoms with Gasteiger partial charge in [0.1, 0.15) is 0 Å². The molecule has 2 aliphatic rings. The van der Waals surface area contributed by atoms with E-state index in [1.165, 1.54) is 0 Å². The normalized spacial score (nSPS) is 18.7. The van der Waals surface area contributed by atoms with Gasteiger partial charge < -0.3 is 10.3 Å². The lowest BCUT2D eigenvalue weighted by Gasteiger charge is -2.22. The molecule has 2 heterocycles. The number of fused-ring (bicyclic) bond motifs is 1. The topological polar surface area (TPSA) is 75.6 Å². The number of nitrogens with one attached hydrogen (secondary N) is 2. The molecule has 1 saturated carbocycles. The Hall–Kier alpha value is -2.60. The van der Waals surface area contributed by atoms with E-state index < -0.39 is 0 Å². The Kier molecular flexibility index (Phi) is 4.23. The molecule has 1 amide bonds. The van der Waals surface area contributed by atoms with Crippen molar-refractivity contribution < 1.29 is 4.79 Å². The van der Waals surface area contributed by atoms with Crippen LogP contribution in [0, 0.1) is 6.92 Å². The zero-order valence-corrected chi connectivity index (χ0v) is 16.5. The summed E-state index contributed by atoms with van der Waals surface area (Å²) in [4.78, 5) is 20.6. The van der Waals surface area contributed by atoms with E-state index >= 15 is 0 Å². The van der Waals surface area contributed by atoms with Crippen molar-refractivity contribution in [2.45, 2.75) is 51.0 Å². The lowest BCUT2D eigenvalue weighted by molar-refractivity contribution is 0.0932. The Morgan fingerprint density at radius 1 is 1.32 bits per heavy atom. The van der Waals surface area contributed by atoms with Crippen molar-refractivity contribution >= 4 is 17.5 Å².